The third kappa shape index (κ3) is 7.21. The number of rotatable bonds is 8. The molecular weight excluding hydrogens is 459 g/mol. The van der Waals surface area contributed by atoms with Crippen LogP contribution in [0.3, 0.4) is 0 Å². The third-order valence-electron chi connectivity index (χ3n) is 5.28. The van der Waals surface area contributed by atoms with Crippen LogP contribution in [0.25, 0.3) is 0 Å². The zero-order valence-corrected chi connectivity index (χ0v) is 20.9. The highest BCUT2D eigenvalue weighted by atomic mass is 19.1. The van der Waals surface area contributed by atoms with Gasteiger partial charge in [0, 0.05) is 24.6 Å². The number of nitrogens with zero attached hydrogens (tertiary/aromatic N) is 2. The molecule has 0 fully saturated rings. The Kier molecular flexibility index (Phi) is 8.53. The monoisotopic (exact) mass is 490 g/mol. The first-order valence-corrected chi connectivity index (χ1v) is 11.7. The Morgan fingerprint density at radius 3 is 2.22 bits per heavy atom. The predicted molar refractivity (Wildman–Crippen MR) is 138 cm³/mol. The number of pyridine rings is 1. The van der Waals surface area contributed by atoms with Crippen molar-refractivity contribution in [2.45, 2.75) is 52.1 Å². The zero-order chi connectivity index (χ0) is 26.3. The molecule has 8 heteroatoms. The maximum Gasteiger partial charge on any atom is 0.248 e. The van der Waals surface area contributed by atoms with Crippen LogP contribution in [-0.2, 0) is 14.4 Å². The minimum absolute atomic E-state index is 0.0396. The average Bonchev–Trinajstić information content (AvgIpc) is 2.82. The van der Waals surface area contributed by atoms with Gasteiger partial charge in [-0.1, -0.05) is 48.0 Å². The molecule has 3 aromatic rings. The quantitative estimate of drug-likeness (QED) is 0.468. The zero-order valence-electron chi connectivity index (χ0n) is 20.9. The maximum absolute atomic E-state index is 15.0. The van der Waals surface area contributed by atoms with E-state index in [1.807, 2.05) is 39.8 Å². The molecule has 0 bridgehead atoms. The molecule has 2 N–H and O–H groups in total. The molecule has 0 unspecified atom stereocenters. The summed E-state index contributed by atoms with van der Waals surface area (Å²) in [6.45, 7) is 7.39. The Bertz CT molecular complexity index is 1210. The van der Waals surface area contributed by atoms with Crippen molar-refractivity contribution in [2.24, 2.45) is 0 Å². The minimum Gasteiger partial charge on any atom is -0.349 e. The summed E-state index contributed by atoms with van der Waals surface area (Å²) >= 11 is 0. The van der Waals surface area contributed by atoms with Crippen LogP contribution in [0.15, 0.2) is 72.9 Å². The van der Waals surface area contributed by atoms with Crippen molar-refractivity contribution in [3.05, 3.63) is 89.9 Å². The van der Waals surface area contributed by atoms with Crippen molar-refractivity contribution >= 4 is 29.2 Å². The number of carbonyl (C=O) groups is 3. The van der Waals surface area contributed by atoms with Crippen molar-refractivity contribution in [3.63, 3.8) is 0 Å². The fourth-order valence-electron chi connectivity index (χ4n) is 3.65. The van der Waals surface area contributed by atoms with Gasteiger partial charge >= 0.3 is 0 Å². The highest BCUT2D eigenvalue weighted by Crippen LogP contribution is 2.31. The first-order chi connectivity index (χ1) is 17.0. The van der Waals surface area contributed by atoms with Gasteiger partial charge in [0.1, 0.15) is 17.7 Å². The van der Waals surface area contributed by atoms with E-state index in [-0.39, 0.29) is 18.5 Å². The molecule has 0 radical (unpaired) electrons. The van der Waals surface area contributed by atoms with Gasteiger partial charge in [-0.25, -0.2) is 9.37 Å². The molecule has 0 saturated carbocycles. The van der Waals surface area contributed by atoms with E-state index >= 15 is 4.39 Å². The fraction of sp³-hybridized carbons (Fsp3) is 0.286. The smallest absolute Gasteiger partial charge is 0.248 e. The summed E-state index contributed by atoms with van der Waals surface area (Å²) in [7, 11) is 0. The molecule has 0 aliphatic rings. The number of carbonyl (C=O) groups excluding carboxylic acids is 3. The van der Waals surface area contributed by atoms with E-state index in [1.165, 1.54) is 18.2 Å². The van der Waals surface area contributed by atoms with Crippen molar-refractivity contribution in [2.75, 3.05) is 10.2 Å². The standard InChI is InChI=1S/C28H31FN4O3/c1-19-12-14-20(15-13-19)26(27(36)32-28(2,3)4)33(22-10-6-5-9-21(22)29)25(35)17-16-24(34)31-23-11-7-8-18-30-23/h5-15,18,26H,16-17H2,1-4H3,(H,32,36)(H,30,31,34)/t26-/m1/s1. The number of aromatic nitrogens is 1. The average molecular weight is 491 g/mol. The lowest BCUT2D eigenvalue weighted by Gasteiger charge is -2.34. The Morgan fingerprint density at radius 2 is 1.61 bits per heavy atom. The summed E-state index contributed by atoms with van der Waals surface area (Å²) in [6, 6.07) is 16.9. The van der Waals surface area contributed by atoms with Crippen LogP contribution in [0.1, 0.15) is 50.8 Å². The van der Waals surface area contributed by atoms with Crippen LogP contribution in [0.5, 0.6) is 0 Å². The summed E-state index contributed by atoms with van der Waals surface area (Å²) in [5.74, 6) is -1.72. The molecule has 7 nitrogen and oxygen atoms in total. The summed E-state index contributed by atoms with van der Waals surface area (Å²) < 4.78 is 15.0. The van der Waals surface area contributed by atoms with Crippen LogP contribution in [0, 0.1) is 12.7 Å². The Hall–Kier alpha value is -4.07. The number of amides is 3. The topological polar surface area (TPSA) is 91.4 Å². The van der Waals surface area contributed by atoms with E-state index in [0.29, 0.717) is 11.4 Å². The normalized spacial score (nSPS) is 11.9. The predicted octanol–water partition coefficient (Wildman–Crippen LogP) is 4.94. The number of aryl methyl sites for hydroxylation is 1. The second kappa shape index (κ2) is 11.6. The molecular formula is C28H31FN4O3. The molecule has 0 spiro atoms. The number of halogens is 1. The van der Waals surface area contributed by atoms with Crippen molar-refractivity contribution < 1.29 is 18.8 Å². The molecule has 3 rings (SSSR count). The molecule has 1 aromatic heterocycles. The lowest BCUT2D eigenvalue weighted by atomic mass is 9.99. The molecule has 188 valence electrons. The number of para-hydroxylation sites is 1. The molecule has 36 heavy (non-hydrogen) atoms. The van der Waals surface area contributed by atoms with E-state index in [0.717, 1.165) is 10.5 Å². The molecule has 0 saturated heterocycles. The molecule has 2 aromatic carbocycles. The number of benzene rings is 2. The lowest BCUT2D eigenvalue weighted by Crippen LogP contribution is -2.49. The van der Waals surface area contributed by atoms with Gasteiger partial charge in [-0.3, -0.25) is 19.3 Å². The number of anilines is 2. The van der Waals surface area contributed by atoms with Gasteiger partial charge in [0.05, 0.1) is 5.69 Å². The van der Waals surface area contributed by atoms with Crippen LogP contribution in [-0.4, -0.2) is 28.2 Å². The van der Waals surface area contributed by atoms with Crippen LogP contribution in [0.2, 0.25) is 0 Å². The second-order valence-electron chi connectivity index (χ2n) is 9.53. The van der Waals surface area contributed by atoms with Crippen molar-refractivity contribution in [1.29, 1.82) is 0 Å². The highest BCUT2D eigenvalue weighted by Gasteiger charge is 2.35. The van der Waals surface area contributed by atoms with Gasteiger partial charge < -0.3 is 10.6 Å². The van der Waals surface area contributed by atoms with Gasteiger partial charge in [0.25, 0.3) is 0 Å². The Balaban J connectivity index is 1.96. The van der Waals surface area contributed by atoms with E-state index < -0.39 is 35.1 Å². The van der Waals surface area contributed by atoms with Gasteiger partial charge in [0.15, 0.2) is 0 Å². The summed E-state index contributed by atoms with van der Waals surface area (Å²) in [4.78, 5) is 44.8. The summed E-state index contributed by atoms with van der Waals surface area (Å²) in [6.07, 6.45) is 1.14. The fourth-order valence-corrected chi connectivity index (χ4v) is 3.65. The third-order valence-corrected chi connectivity index (χ3v) is 5.28. The second-order valence-corrected chi connectivity index (χ2v) is 9.53. The van der Waals surface area contributed by atoms with Crippen LogP contribution < -0.4 is 15.5 Å². The minimum atomic E-state index is -1.15. The van der Waals surface area contributed by atoms with E-state index in [1.54, 1.807) is 42.6 Å². The summed E-state index contributed by atoms with van der Waals surface area (Å²) in [5, 5.41) is 5.55. The maximum atomic E-state index is 15.0. The lowest BCUT2D eigenvalue weighted by molar-refractivity contribution is -0.128. The molecule has 1 atom stereocenters. The summed E-state index contributed by atoms with van der Waals surface area (Å²) in [5.41, 5.74) is 0.870. The number of hydrogen-bond donors (Lipinski definition) is 2. The van der Waals surface area contributed by atoms with Gasteiger partial charge in [-0.15, -0.1) is 0 Å². The van der Waals surface area contributed by atoms with E-state index in [9.17, 15) is 14.4 Å². The van der Waals surface area contributed by atoms with Crippen molar-refractivity contribution in [3.8, 4) is 0 Å². The first-order valence-electron chi connectivity index (χ1n) is 11.7. The molecule has 0 aliphatic heterocycles. The molecule has 0 aliphatic carbocycles. The van der Waals surface area contributed by atoms with E-state index in [4.69, 9.17) is 0 Å². The van der Waals surface area contributed by atoms with Gasteiger partial charge in [-0.2, -0.15) is 0 Å². The first kappa shape index (κ1) is 26.5. The van der Waals surface area contributed by atoms with Crippen LogP contribution in [0.4, 0.5) is 15.9 Å². The SMILES string of the molecule is Cc1ccc([C@H](C(=O)NC(C)(C)C)N(C(=O)CCC(=O)Nc2ccccn2)c2ccccc2F)cc1. The Labute approximate surface area is 210 Å². The van der Waals surface area contributed by atoms with Crippen molar-refractivity contribution in [1.82, 2.24) is 10.3 Å². The van der Waals surface area contributed by atoms with Crippen LogP contribution >= 0.6 is 0 Å². The van der Waals surface area contributed by atoms with Gasteiger partial charge in [-0.05, 0) is 57.5 Å². The highest BCUT2D eigenvalue weighted by molar-refractivity contribution is 6.03. The molecule has 1 heterocycles. The van der Waals surface area contributed by atoms with E-state index in [2.05, 4.69) is 15.6 Å². The number of nitrogens with one attached hydrogen (secondary N) is 2. The number of hydrogen-bond acceptors (Lipinski definition) is 4. The van der Waals surface area contributed by atoms with Gasteiger partial charge in [0.2, 0.25) is 17.7 Å². The molecule has 3 amide bonds. The largest absolute Gasteiger partial charge is 0.349 e. The Morgan fingerprint density at radius 1 is 0.944 bits per heavy atom.